The van der Waals surface area contributed by atoms with Crippen molar-refractivity contribution in [2.24, 2.45) is 4.99 Å². The first-order valence-corrected chi connectivity index (χ1v) is 10.9. The number of sulfonamides is 1. The summed E-state index contributed by atoms with van der Waals surface area (Å²) in [5.74, 6) is 0.701. The number of hydrogen-bond donors (Lipinski definition) is 2. The molecule has 0 aliphatic rings. The van der Waals surface area contributed by atoms with Crippen LogP contribution in [0.25, 0.3) is 0 Å². The molecule has 0 heterocycles. The Morgan fingerprint density at radius 2 is 1.67 bits per heavy atom. The van der Waals surface area contributed by atoms with Crippen molar-refractivity contribution in [2.75, 3.05) is 38.5 Å². The maximum absolute atomic E-state index is 12.3. The summed E-state index contributed by atoms with van der Waals surface area (Å²) in [7, 11) is -3.23. The van der Waals surface area contributed by atoms with Crippen LogP contribution in [0.4, 0.5) is 0 Å². The number of halogens is 1. The Kier molecular flexibility index (Phi) is 12.2. The van der Waals surface area contributed by atoms with Gasteiger partial charge in [-0.05, 0) is 12.5 Å². The minimum Gasteiger partial charge on any atom is -0.357 e. The summed E-state index contributed by atoms with van der Waals surface area (Å²) < 4.78 is 26.0. The Labute approximate surface area is 182 Å². The standard InChI is InChI=1S/C19H34N4O2S.HI/c1-6-20-18(21-14-15-26(24,25)23(7-2)8-3)22-16-19(4,5)17-12-10-9-11-13-17;/h9-13H,6-8,14-16H2,1-5H3,(H2,20,21,22);1H. The summed E-state index contributed by atoms with van der Waals surface area (Å²) in [4.78, 5) is 4.65. The van der Waals surface area contributed by atoms with Crippen LogP contribution in [0.5, 0.6) is 0 Å². The molecule has 1 aromatic carbocycles. The highest BCUT2D eigenvalue weighted by Crippen LogP contribution is 2.22. The van der Waals surface area contributed by atoms with E-state index in [2.05, 4.69) is 41.6 Å². The highest BCUT2D eigenvalue weighted by molar-refractivity contribution is 14.0. The highest BCUT2D eigenvalue weighted by Gasteiger charge is 2.21. The molecule has 0 amide bonds. The second-order valence-corrected chi connectivity index (χ2v) is 8.86. The van der Waals surface area contributed by atoms with Crippen molar-refractivity contribution in [3.63, 3.8) is 0 Å². The molecule has 0 radical (unpaired) electrons. The van der Waals surface area contributed by atoms with Crippen LogP contribution < -0.4 is 10.6 Å². The minimum absolute atomic E-state index is 0. The molecule has 0 saturated carbocycles. The number of hydrogen-bond acceptors (Lipinski definition) is 3. The van der Waals surface area contributed by atoms with E-state index in [1.807, 2.05) is 39.0 Å². The van der Waals surface area contributed by atoms with Crippen LogP contribution in [0.2, 0.25) is 0 Å². The molecule has 6 nitrogen and oxygen atoms in total. The quantitative estimate of drug-likeness (QED) is 0.289. The van der Waals surface area contributed by atoms with E-state index >= 15 is 0 Å². The average Bonchev–Trinajstić information content (AvgIpc) is 2.61. The zero-order chi connectivity index (χ0) is 19.6. The van der Waals surface area contributed by atoms with Crippen molar-refractivity contribution in [3.8, 4) is 0 Å². The zero-order valence-corrected chi connectivity index (χ0v) is 20.3. The predicted octanol–water partition coefficient (Wildman–Crippen LogP) is 2.81. The number of nitrogens with zero attached hydrogens (tertiary/aromatic N) is 2. The van der Waals surface area contributed by atoms with Gasteiger partial charge >= 0.3 is 0 Å². The molecule has 0 spiro atoms. The lowest BCUT2D eigenvalue weighted by molar-refractivity contribution is 0.445. The first-order valence-electron chi connectivity index (χ1n) is 9.32. The van der Waals surface area contributed by atoms with Crippen LogP contribution in [0.1, 0.15) is 40.2 Å². The molecule has 0 fully saturated rings. The van der Waals surface area contributed by atoms with Crippen molar-refractivity contribution in [1.82, 2.24) is 14.9 Å². The molecular weight excluding hydrogens is 475 g/mol. The molecule has 8 heteroatoms. The molecule has 2 N–H and O–H groups in total. The monoisotopic (exact) mass is 510 g/mol. The van der Waals surface area contributed by atoms with E-state index < -0.39 is 10.0 Å². The summed E-state index contributed by atoms with van der Waals surface area (Å²) in [6.07, 6.45) is 0. The molecule has 0 unspecified atom stereocenters. The summed E-state index contributed by atoms with van der Waals surface area (Å²) in [6, 6.07) is 10.3. The van der Waals surface area contributed by atoms with Crippen LogP contribution in [-0.4, -0.2) is 57.2 Å². The molecule has 0 aromatic heterocycles. The minimum atomic E-state index is -3.23. The van der Waals surface area contributed by atoms with E-state index in [4.69, 9.17) is 0 Å². The lowest BCUT2D eigenvalue weighted by Gasteiger charge is -2.24. The van der Waals surface area contributed by atoms with Crippen LogP contribution in [0.3, 0.4) is 0 Å². The van der Waals surface area contributed by atoms with E-state index in [0.717, 1.165) is 6.54 Å². The summed E-state index contributed by atoms with van der Waals surface area (Å²) in [5.41, 5.74) is 1.13. The fourth-order valence-electron chi connectivity index (χ4n) is 2.64. The summed E-state index contributed by atoms with van der Waals surface area (Å²) >= 11 is 0. The predicted molar refractivity (Wildman–Crippen MR) is 126 cm³/mol. The molecule has 0 aliphatic carbocycles. The van der Waals surface area contributed by atoms with Gasteiger partial charge in [-0.2, -0.15) is 0 Å². The van der Waals surface area contributed by atoms with E-state index in [9.17, 15) is 8.42 Å². The van der Waals surface area contributed by atoms with Crippen LogP contribution in [0.15, 0.2) is 35.3 Å². The smallest absolute Gasteiger partial charge is 0.215 e. The van der Waals surface area contributed by atoms with Crippen LogP contribution in [0, 0.1) is 0 Å². The third kappa shape index (κ3) is 8.78. The second kappa shape index (κ2) is 12.6. The largest absolute Gasteiger partial charge is 0.357 e. The topological polar surface area (TPSA) is 73.8 Å². The first kappa shape index (κ1) is 26.1. The van der Waals surface area contributed by atoms with Gasteiger partial charge in [-0.3, -0.25) is 4.99 Å². The fourth-order valence-corrected chi connectivity index (χ4v) is 4.05. The highest BCUT2D eigenvalue weighted by atomic mass is 127. The van der Waals surface area contributed by atoms with Gasteiger partial charge in [0.1, 0.15) is 0 Å². The van der Waals surface area contributed by atoms with Crippen molar-refractivity contribution < 1.29 is 8.42 Å². The average molecular weight is 510 g/mol. The third-order valence-electron chi connectivity index (χ3n) is 4.28. The van der Waals surface area contributed by atoms with Gasteiger partial charge in [0.15, 0.2) is 5.96 Å². The van der Waals surface area contributed by atoms with Crippen LogP contribution >= 0.6 is 24.0 Å². The lowest BCUT2D eigenvalue weighted by atomic mass is 9.85. The maximum Gasteiger partial charge on any atom is 0.215 e. The Morgan fingerprint density at radius 3 is 2.19 bits per heavy atom. The lowest BCUT2D eigenvalue weighted by Crippen LogP contribution is -2.42. The van der Waals surface area contributed by atoms with Gasteiger partial charge in [0.2, 0.25) is 10.0 Å². The van der Waals surface area contributed by atoms with Crippen molar-refractivity contribution in [1.29, 1.82) is 0 Å². The molecule has 1 rings (SSSR count). The zero-order valence-electron chi connectivity index (χ0n) is 17.2. The van der Waals surface area contributed by atoms with Gasteiger partial charge in [-0.15, -0.1) is 24.0 Å². The molecule has 0 aliphatic heterocycles. The van der Waals surface area contributed by atoms with Gasteiger partial charge in [0.25, 0.3) is 0 Å². The first-order chi connectivity index (χ1) is 12.3. The Bertz CT molecular complexity index is 660. The Balaban J connectivity index is 0.00000676. The number of aliphatic imine (C=N–C) groups is 1. The summed E-state index contributed by atoms with van der Waals surface area (Å²) in [6.45, 7) is 12.7. The Morgan fingerprint density at radius 1 is 1.07 bits per heavy atom. The molecule has 0 bridgehead atoms. The number of rotatable bonds is 10. The molecule has 156 valence electrons. The third-order valence-corrected chi connectivity index (χ3v) is 6.31. The number of benzene rings is 1. The van der Waals surface area contributed by atoms with Crippen molar-refractivity contribution in [3.05, 3.63) is 35.9 Å². The van der Waals surface area contributed by atoms with E-state index in [0.29, 0.717) is 32.1 Å². The fraction of sp³-hybridized carbons (Fsp3) is 0.632. The van der Waals surface area contributed by atoms with Crippen molar-refractivity contribution >= 4 is 40.0 Å². The van der Waals surface area contributed by atoms with Gasteiger partial charge in [-0.25, -0.2) is 12.7 Å². The number of nitrogens with one attached hydrogen (secondary N) is 2. The molecule has 1 aromatic rings. The van der Waals surface area contributed by atoms with Crippen molar-refractivity contribution in [2.45, 2.75) is 40.0 Å². The van der Waals surface area contributed by atoms with Gasteiger partial charge in [-0.1, -0.05) is 58.0 Å². The van der Waals surface area contributed by atoms with E-state index in [-0.39, 0.29) is 35.1 Å². The SMILES string of the molecule is CCNC(=NCC(C)(C)c1ccccc1)NCCS(=O)(=O)N(CC)CC.I. The Hall–Kier alpha value is -0.870. The number of guanidine groups is 1. The normalized spacial score (nSPS) is 12.6. The van der Waals surface area contributed by atoms with E-state index in [1.165, 1.54) is 9.87 Å². The van der Waals surface area contributed by atoms with Gasteiger partial charge in [0.05, 0.1) is 12.3 Å². The van der Waals surface area contributed by atoms with E-state index in [1.54, 1.807) is 0 Å². The molecular formula is C19H35IN4O2S. The molecule has 0 saturated heterocycles. The summed E-state index contributed by atoms with van der Waals surface area (Å²) in [5, 5.41) is 6.32. The van der Waals surface area contributed by atoms with Gasteiger partial charge < -0.3 is 10.6 Å². The van der Waals surface area contributed by atoms with Crippen LogP contribution in [-0.2, 0) is 15.4 Å². The second-order valence-electron chi connectivity index (χ2n) is 6.77. The maximum atomic E-state index is 12.3. The molecule has 0 atom stereocenters. The van der Waals surface area contributed by atoms with Gasteiger partial charge in [0, 0.05) is 31.6 Å². The molecule has 27 heavy (non-hydrogen) atoms.